The number of rotatable bonds is 3. The number of nitrogens with zero attached hydrogens (tertiary/aromatic N) is 2. The Hall–Kier alpha value is -1.73. The predicted octanol–water partition coefficient (Wildman–Crippen LogP) is 2.85. The number of nitro groups is 1. The van der Waals surface area contributed by atoms with Crippen LogP contribution >= 0.6 is 11.3 Å². The lowest BCUT2D eigenvalue weighted by molar-refractivity contribution is -0.384. The zero-order valence-electron chi connectivity index (χ0n) is 10.8. The van der Waals surface area contributed by atoms with Crippen molar-refractivity contribution < 1.29 is 9.66 Å². The molecule has 1 heterocycles. The standard InChI is InChI=1S/C13H15N3O3S/c14-8-2-1-3-9(6-8)19-10-4-5-11-12(15-7-20-11)13(10)16(17)18/h4-5,7-9H,1-3,6,14H2. The van der Waals surface area contributed by atoms with Crippen LogP contribution in [0.3, 0.4) is 0 Å². The van der Waals surface area contributed by atoms with E-state index in [1.165, 1.54) is 11.3 Å². The molecule has 0 spiro atoms. The van der Waals surface area contributed by atoms with E-state index < -0.39 is 4.92 Å². The Kier molecular flexibility index (Phi) is 3.54. The number of benzene rings is 1. The van der Waals surface area contributed by atoms with Gasteiger partial charge < -0.3 is 10.5 Å². The van der Waals surface area contributed by atoms with Gasteiger partial charge in [-0.15, -0.1) is 11.3 Å². The molecule has 106 valence electrons. The Morgan fingerprint density at radius 2 is 2.30 bits per heavy atom. The summed E-state index contributed by atoms with van der Waals surface area (Å²) in [6, 6.07) is 3.60. The highest BCUT2D eigenvalue weighted by atomic mass is 32.1. The van der Waals surface area contributed by atoms with Gasteiger partial charge >= 0.3 is 5.69 Å². The molecule has 2 unspecified atom stereocenters. The first kappa shape index (κ1) is 13.3. The third-order valence-electron chi connectivity index (χ3n) is 3.58. The minimum absolute atomic E-state index is 0.0390. The molecule has 1 aliphatic rings. The van der Waals surface area contributed by atoms with E-state index in [0.717, 1.165) is 30.4 Å². The van der Waals surface area contributed by atoms with Gasteiger partial charge in [0.05, 0.1) is 15.1 Å². The van der Waals surface area contributed by atoms with Crippen LogP contribution in [-0.2, 0) is 0 Å². The summed E-state index contributed by atoms with van der Waals surface area (Å²) in [7, 11) is 0. The molecule has 20 heavy (non-hydrogen) atoms. The Balaban J connectivity index is 1.94. The van der Waals surface area contributed by atoms with Crippen LogP contribution in [0.4, 0.5) is 5.69 Å². The average Bonchev–Trinajstić information content (AvgIpc) is 2.86. The maximum Gasteiger partial charge on any atom is 0.337 e. The van der Waals surface area contributed by atoms with Gasteiger partial charge in [0, 0.05) is 6.04 Å². The van der Waals surface area contributed by atoms with Crippen molar-refractivity contribution in [2.45, 2.75) is 37.8 Å². The highest BCUT2D eigenvalue weighted by molar-refractivity contribution is 7.16. The van der Waals surface area contributed by atoms with Crippen molar-refractivity contribution in [2.75, 3.05) is 0 Å². The molecule has 2 aromatic rings. The van der Waals surface area contributed by atoms with E-state index in [1.54, 1.807) is 11.6 Å². The molecule has 1 aliphatic carbocycles. The van der Waals surface area contributed by atoms with E-state index in [1.807, 2.05) is 6.07 Å². The second kappa shape index (κ2) is 5.34. The molecule has 2 N–H and O–H groups in total. The van der Waals surface area contributed by atoms with Crippen molar-refractivity contribution in [1.82, 2.24) is 4.98 Å². The van der Waals surface area contributed by atoms with E-state index in [0.29, 0.717) is 11.3 Å². The third-order valence-corrected chi connectivity index (χ3v) is 4.38. The number of ether oxygens (including phenoxy) is 1. The van der Waals surface area contributed by atoms with Crippen LogP contribution in [0.25, 0.3) is 10.2 Å². The molecule has 0 aliphatic heterocycles. The first-order chi connectivity index (χ1) is 9.65. The number of aromatic nitrogens is 1. The van der Waals surface area contributed by atoms with Crippen LogP contribution in [0, 0.1) is 10.1 Å². The molecular formula is C13H15N3O3S. The minimum Gasteiger partial charge on any atom is -0.483 e. The molecule has 1 fully saturated rings. The molecule has 3 rings (SSSR count). The molecule has 1 saturated carbocycles. The number of hydrogen-bond donors (Lipinski definition) is 1. The lowest BCUT2D eigenvalue weighted by atomic mass is 9.93. The molecule has 0 bridgehead atoms. The van der Waals surface area contributed by atoms with Crippen LogP contribution in [0.2, 0.25) is 0 Å². The van der Waals surface area contributed by atoms with Gasteiger partial charge in [-0.3, -0.25) is 10.1 Å². The molecule has 0 radical (unpaired) electrons. The number of nitrogens with two attached hydrogens (primary N) is 1. The molecule has 1 aromatic carbocycles. The second-order valence-corrected chi connectivity index (χ2v) is 5.92. The van der Waals surface area contributed by atoms with Gasteiger partial charge in [-0.05, 0) is 37.8 Å². The zero-order chi connectivity index (χ0) is 14.1. The zero-order valence-corrected chi connectivity index (χ0v) is 11.6. The molecule has 2 atom stereocenters. The molecule has 1 aromatic heterocycles. The number of hydrogen-bond acceptors (Lipinski definition) is 6. The number of thiazole rings is 1. The highest BCUT2D eigenvalue weighted by Gasteiger charge is 2.26. The quantitative estimate of drug-likeness (QED) is 0.694. The number of nitro benzene ring substituents is 1. The van der Waals surface area contributed by atoms with Gasteiger partial charge in [0.2, 0.25) is 0 Å². The lowest BCUT2D eigenvalue weighted by Gasteiger charge is -2.27. The monoisotopic (exact) mass is 293 g/mol. The van der Waals surface area contributed by atoms with E-state index in [2.05, 4.69) is 4.98 Å². The molecule has 0 amide bonds. The van der Waals surface area contributed by atoms with Crippen molar-refractivity contribution in [3.63, 3.8) is 0 Å². The van der Waals surface area contributed by atoms with Crippen LogP contribution in [0.5, 0.6) is 5.75 Å². The van der Waals surface area contributed by atoms with Crippen molar-refractivity contribution in [3.8, 4) is 5.75 Å². The largest absolute Gasteiger partial charge is 0.483 e. The average molecular weight is 293 g/mol. The van der Waals surface area contributed by atoms with Gasteiger partial charge in [-0.25, -0.2) is 4.98 Å². The SMILES string of the molecule is NC1CCCC(Oc2ccc3scnc3c2[N+](=O)[O-])C1. The van der Waals surface area contributed by atoms with Gasteiger partial charge in [-0.2, -0.15) is 0 Å². The van der Waals surface area contributed by atoms with E-state index >= 15 is 0 Å². The molecule has 7 heteroatoms. The Morgan fingerprint density at radius 3 is 3.05 bits per heavy atom. The topological polar surface area (TPSA) is 91.3 Å². The summed E-state index contributed by atoms with van der Waals surface area (Å²) in [5.41, 5.74) is 7.90. The third kappa shape index (κ3) is 2.46. The van der Waals surface area contributed by atoms with E-state index in [4.69, 9.17) is 10.5 Å². The van der Waals surface area contributed by atoms with Gasteiger partial charge in [0.25, 0.3) is 0 Å². The maximum absolute atomic E-state index is 11.3. The Labute approximate surface area is 119 Å². The van der Waals surface area contributed by atoms with Gasteiger partial charge in [-0.1, -0.05) is 0 Å². The van der Waals surface area contributed by atoms with Crippen molar-refractivity contribution >= 4 is 27.2 Å². The van der Waals surface area contributed by atoms with Crippen LogP contribution in [0.1, 0.15) is 25.7 Å². The van der Waals surface area contributed by atoms with Crippen molar-refractivity contribution in [1.29, 1.82) is 0 Å². The molecular weight excluding hydrogens is 278 g/mol. The van der Waals surface area contributed by atoms with Crippen LogP contribution in [-0.4, -0.2) is 22.1 Å². The maximum atomic E-state index is 11.3. The fraction of sp³-hybridized carbons (Fsp3) is 0.462. The second-order valence-electron chi connectivity index (χ2n) is 5.04. The number of fused-ring (bicyclic) bond motifs is 1. The Morgan fingerprint density at radius 1 is 1.45 bits per heavy atom. The summed E-state index contributed by atoms with van der Waals surface area (Å²) in [4.78, 5) is 15.0. The van der Waals surface area contributed by atoms with Crippen molar-refractivity contribution in [3.05, 3.63) is 27.8 Å². The Bertz CT molecular complexity index is 643. The first-order valence-electron chi connectivity index (χ1n) is 6.58. The smallest absolute Gasteiger partial charge is 0.337 e. The molecule has 0 saturated heterocycles. The van der Waals surface area contributed by atoms with E-state index in [9.17, 15) is 10.1 Å². The minimum atomic E-state index is -0.417. The predicted molar refractivity (Wildman–Crippen MR) is 77.1 cm³/mol. The van der Waals surface area contributed by atoms with Crippen LogP contribution in [0.15, 0.2) is 17.6 Å². The summed E-state index contributed by atoms with van der Waals surface area (Å²) in [5, 5.41) is 11.3. The highest BCUT2D eigenvalue weighted by Crippen LogP contribution is 2.37. The first-order valence-corrected chi connectivity index (χ1v) is 7.46. The van der Waals surface area contributed by atoms with Gasteiger partial charge in [0.15, 0.2) is 11.3 Å². The van der Waals surface area contributed by atoms with Gasteiger partial charge in [0.1, 0.15) is 6.10 Å². The molecule has 6 nitrogen and oxygen atoms in total. The van der Waals surface area contributed by atoms with E-state index in [-0.39, 0.29) is 17.8 Å². The summed E-state index contributed by atoms with van der Waals surface area (Å²) in [6.07, 6.45) is 3.58. The summed E-state index contributed by atoms with van der Waals surface area (Å²) < 4.78 is 6.63. The summed E-state index contributed by atoms with van der Waals surface area (Å²) >= 11 is 1.38. The van der Waals surface area contributed by atoms with Crippen molar-refractivity contribution in [2.24, 2.45) is 5.73 Å². The lowest BCUT2D eigenvalue weighted by Crippen LogP contribution is -2.33. The fourth-order valence-corrected chi connectivity index (χ4v) is 3.32. The normalized spacial score (nSPS) is 22.9. The fourth-order valence-electron chi connectivity index (χ4n) is 2.64. The summed E-state index contributed by atoms with van der Waals surface area (Å²) in [6.45, 7) is 0. The van der Waals surface area contributed by atoms with Crippen LogP contribution < -0.4 is 10.5 Å². The summed E-state index contributed by atoms with van der Waals surface area (Å²) in [5.74, 6) is 0.299.